The minimum absolute atomic E-state index is 0.0896. The van der Waals surface area contributed by atoms with Gasteiger partial charge in [-0.3, -0.25) is 10.6 Å². The summed E-state index contributed by atoms with van der Waals surface area (Å²) in [4.78, 5) is 28.4. The average molecular weight is 309 g/mol. The Kier molecular flexibility index (Phi) is 3.41. The van der Waals surface area contributed by atoms with E-state index in [9.17, 15) is 9.59 Å². The smallest absolute Gasteiger partial charge is 0.338 e. The van der Waals surface area contributed by atoms with Crippen molar-refractivity contribution in [1.29, 1.82) is 0 Å². The number of urea groups is 1. The Bertz CT molecular complexity index is 656. The molecule has 8 heteroatoms. The van der Waals surface area contributed by atoms with Crippen molar-refractivity contribution in [3.05, 3.63) is 27.6 Å². The quantitative estimate of drug-likeness (QED) is 0.812. The van der Waals surface area contributed by atoms with Crippen LogP contribution in [0.4, 0.5) is 14.9 Å². The van der Waals surface area contributed by atoms with E-state index in [0.29, 0.717) is 10.1 Å². The highest BCUT2D eigenvalue weighted by Gasteiger charge is 2.19. The minimum atomic E-state index is -1.06. The van der Waals surface area contributed by atoms with Gasteiger partial charge in [-0.15, -0.1) is 22.7 Å². The van der Waals surface area contributed by atoms with E-state index in [1.807, 2.05) is 0 Å². The fraction of sp³-hybridized carbons (Fsp3) is 0.250. The molecule has 2 aromatic rings. The molecule has 0 saturated carbocycles. The maximum atomic E-state index is 11.8. The Hall–Kier alpha value is -1.93. The molecule has 6 nitrogen and oxygen atoms in total. The molecule has 0 aromatic carbocycles. The number of hydrogen-bond donors (Lipinski definition) is 3. The topological polar surface area (TPSA) is 91.3 Å². The van der Waals surface area contributed by atoms with Crippen LogP contribution in [0.5, 0.6) is 0 Å². The number of aromatic nitrogens is 1. The van der Waals surface area contributed by atoms with Gasteiger partial charge < -0.3 is 5.11 Å². The lowest BCUT2D eigenvalue weighted by Crippen LogP contribution is -2.20. The summed E-state index contributed by atoms with van der Waals surface area (Å²) in [6.07, 6.45) is 3.10. The first-order chi connectivity index (χ1) is 9.63. The molecule has 3 rings (SSSR count). The van der Waals surface area contributed by atoms with E-state index < -0.39 is 12.0 Å². The summed E-state index contributed by atoms with van der Waals surface area (Å²) in [5.74, 6) is -1.06. The van der Waals surface area contributed by atoms with Gasteiger partial charge in [-0.1, -0.05) is 0 Å². The van der Waals surface area contributed by atoms with E-state index >= 15 is 0 Å². The van der Waals surface area contributed by atoms with Crippen LogP contribution >= 0.6 is 22.7 Å². The highest BCUT2D eigenvalue weighted by molar-refractivity contribution is 7.16. The van der Waals surface area contributed by atoms with Gasteiger partial charge in [-0.05, 0) is 30.7 Å². The number of hydrogen-bond acceptors (Lipinski definition) is 5. The zero-order chi connectivity index (χ0) is 14.1. The van der Waals surface area contributed by atoms with Gasteiger partial charge >= 0.3 is 12.0 Å². The van der Waals surface area contributed by atoms with Crippen molar-refractivity contribution < 1.29 is 14.7 Å². The first-order valence-electron chi connectivity index (χ1n) is 6.01. The molecule has 2 amide bonds. The summed E-state index contributed by atoms with van der Waals surface area (Å²) < 4.78 is 0. The molecule has 104 valence electrons. The maximum Gasteiger partial charge on any atom is 0.338 e. The standard InChI is InChI=1S/C12H11N3O3S2/c16-10(17)6-4-5-19-9(6)14-11(18)15-12-13-7-2-1-3-8(7)20-12/h4-5H,1-3H2,(H,16,17)(H2,13,14,15,18). The summed E-state index contributed by atoms with van der Waals surface area (Å²) in [6, 6.07) is 0.989. The number of fused-ring (bicyclic) bond motifs is 1. The molecule has 2 aromatic heterocycles. The number of aryl methyl sites for hydroxylation is 2. The van der Waals surface area contributed by atoms with Crippen molar-refractivity contribution in [3.63, 3.8) is 0 Å². The van der Waals surface area contributed by atoms with E-state index in [-0.39, 0.29) is 5.56 Å². The fourth-order valence-electron chi connectivity index (χ4n) is 2.05. The lowest BCUT2D eigenvalue weighted by Gasteiger charge is -2.04. The van der Waals surface area contributed by atoms with Crippen LogP contribution in [0.2, 0.25) is 0 Å². The molecule has 0 fully saturated rings. The van der Waals surface area contributed by atoms with Crippen LogP contribution in [0.3, 0.4) is 0 Å². The van der Waals surface area contributed by atoms with Crippen LogP contribution in [0, 0.1) is 0 Å². The molecular weight excluding hydrogens is 298 g/mol. The number of nitrogens with zero attached hydrogens (tertiary/aromatic N) is 1. The lowest BCUT2D eigenvalue weighted by molar-refractivity contribution is 0.0698. The first kappa shape index (κ1) is 13.1. The molecule has 0 radical (unpaired) electrons. The highest BCUT2D eigenvalue weighted by atomic mass is 32.1. The Labute approximate surface area is 122 Å². The second-order valence-corrected chi connectivity index (χ2v) is 6.29. The third-order valence-corrected chi connectivity index (χ3v) is 4.84. The number of thiazole rings is 1. The van der Waals surface area contributed by atoms with E-state index in [4.69, 9.17) is 5.11 Å². The number of rotatable bonds is 3. The number of nitrogens with one attached hydrogen (secondary N) is 2. The number of aromatic carboxylic acids is 1. The van der Waals surface area contributed by atoms with Crippen LogP contribution in [0.25, 0.3) is 0 Å². The number of carboxylic acid groups (broad SMARTS) is 1. The molecule has 2 heterocycles. The van der Waals surface area contributed by atoms with Gasteiger partial charge in [0.2, 0.25) is 0 Å². The van der Waals surface area contributed by atoms with E-state index in [1.54, 1.807) is 5.38 Å². The van der Waals surface area contributed by atoms with E-state index in [2.05, 4.69) is 15.6 Å². The van der Waals surface area contributed by atoms with Gasteiger partial charge in [-0.2, -0.15) is 0 Å². The number of carboxylic acids is 1. The molecule has 0 aliphatic heterocycles. The van der Waals surface area contributed by atoms with Gasteiger partial charge in [0.25, 0.3) is 0 Å². The van der Waals surface area contributed by atoms with Crippen molar-refractivity contribution in [1.82, 2.24) is 4.98 Å². The number of thiophene rings is 1. The van der Waals surface area contributed by atoms with Gasteiger partial charge in [0, 0.05) is 4.88 Å². The molecule has 0 saturated heterocycles. The van der Waals surface area contributed by atoms with Gasteiger partial charge in [0.1, 0.15) is 5.00 Å². The summed E-state index contributed by atoms with van der Waals surface area (Å²) in [7, 11) is 0. The number of carbonyl (C=O) groups excluding carboxylic acids is 1. The van der Waals surface area contributed by atoms with Crippen LogP contribution in [-0.2, 0) is 12.8 Å². The zero-order valence-corrected chi connectivity index (χ0v) is 11.9. The minimum Gasteiger partial charge on any atom is -0.478 e. The second-order valence-electron chi connectivity index (χ2n) is 4.29. The molecule has 3 N–H and O–H groups in total. The molecule has 0 spiro atoms. The summed E-state index contributed by atoms with van der Waals surface area (Å²) >= 11 is 2.65. The summed E-state index contributed by atoms with van der Waals surface area (Å²) in [6.45, 7) is 0. The van der Waals surface area contributed by atoms with Crippen molar-refractivity contribution >= 4 is 44.8 Å². The lowest BCUT2D eigenvalue weighted by atomic mass is 10.3. The third kappa shape index (κ3) is 2.52. The number of anilines is 2. The van der Waals surface area contributed by atoms with E-state index in [1.165, 1.54) is 33.6 Å². The predicted octanol–water partition coefficient (Wildman–Crippen LogP) is 3.04. The highest BCUT2D eigenvalue weighted by Crippen LogP contribution is 2.30. The second kappa shape index (κ2) is 5.22. The molecule has 0 atom stereocenters. The molecule has 1 aliphatic carbocycles. The Morgan fingerprint density at radius 2 is 2.15 bits per heavy atom. The van der Waals surface area contributed by atoms with Gasteiger partial charge in [-0.25, -0.2) is 14.6 Å². The largest absolute Gasteiger partial charge is 0.478 e. The third-order valence-electron chi connectivity index (χ3n) is 2.94. The zero-order valence-electron chi connectivity index (χ0n) is 10.3. The van der Waals surface area contributed by atoms with Crippen LogP contribution in [-0.4, -0.2) is 22.1 Å². The fourth-order valence-corrected chi connectivity index (χ4v) is 3.87. The van der Waals surface area contributed by atoms with Gasteiger partial charge in [0.05, 0.1) is 11.3 Å². The molecule has 1 aliphatic rings. The molecule has 0 unspecified atom stereocenters. The normalized spacial score (nSPS) is 13.0. The number of amides is 2. The SMILES string of the molecule is O=C(Nc1nc2c(s1)CCC2)Nc1sccc1C(=O)O. The van der Waals surface area contributed by atoms with Gasteiger partial charge in [0.15, 0.2) is 5.13 Å². The first-order valence-corrected chi connectivity index (χ1v) is 7.70. The number of carbonyl (C=O) groups is 2. The maximum absolute atomic E-state index is 11.8. The van der Waals surface area contributed by atoms with Crippen molar-refractivity contribution in [2.45, 2.75) is 19.3 Å². The van der Waals surface area contributed by atoms with Crippen LogP contribution in [0.1, 0.15) is 27.3 Å². The van der Waals surface area contributed by atoms with Crippen molar-refractivity contribution in [3.8, 4) is 0 Å². The Morgan fingerprint density at radius 3 is 2.90 bits per heavy atom. The average Bonchev–Trinajstić information content (AvgIpc) is 3.03. The Balaban J connectivity index is 1.67. The molecule has 0 bridgehead atoms. The molecular formula is C12H11N3O3S2. The summed E-state index contributed by atoms with van der Waals surface area (Å²) in [5, 5.41) is 16.6. The Morgan fingerprint density at radius 1 is 1.30 bits per heavy atom. The van der Waals surface area contributed by atoms with Crippen LogP contribution < -0.4 is 10.6 Å². The van der Waals surface area contributed by atoms with Crippen LogP contribution in [0.15, 0.2) is 11.4 Å². The monoisotopic (exact) mass is 309 g/mol. The predicted molar refractivity (Wildman–Crippen MR) is 78.1 cm³/mol. The summed E-state index contributed by atoms with van der Waals surface area (Å²) in [5.41, 5.74) is 1.15. The molecule has 20 heavy (non-hydrogen) atoms. The van der Waals surface area contributed by atoms with Crippen molar-refractivity contribution in [2.24, 2.45) is 0 Å². The van der Waals surface area contributed by atoms with Crippen molar-refractivity contribution in [2.75, 3.05) is 10.6 Å². The van der Waals surface area contributed by atoms with E-state index in [0.717, 1.165) is 25.0 Å².